The van der Waals surface area contributed by atoms with Gasteiger partial charge in [-0.2, -0.15) is 0 Å². The highest BCUT2D eigenvalue weighted by molar-refractivity contribution is 5.03. The molecule has 1 aliphatic heterocycles. The maximum atomic E-state index is 2.61. The third-order valence-electron chi connectivity index (χ3n) is 3.31. The van der Waals surface area contributed by atoms with E-state index in [2.05, 4.69) is 31.7 Å². The summed E-state index contributed by atoms with van der Waals surface area (Å²) >= 11 is 0. The fourth-order valence-corrected chi connectivity index (χ4v) is 2.18. The van der Waals surface area contributed by atoms with E-state index in [0.717, 1.165) is 5.92 Å². The summed E-state index contributed by atoms with van der Waals surface area (Å²) in [5.41, 5.74) is 1.57. The van der Waals surface area contributed by atoms with E-state index in [4.69, 9.17) is 0 Å². The van der Waals surface area contributed by atoms with Gasteiger partial charge in [-0.15, -0.1) is 0 Å². The zero-order valence-electron chi connectivity index (χ0n) is 10.1. The van der Waals surface area contributed by atoms with E-state index in [1.165, 1.54) is 45.3 Å². The second-order valence-corrected chi connectivity index (χ2v) is 4.62. The monoisotopic (exact) mass is 195 g/mol. The second kappa shape index (κ2) is 6.23. The summed E-state index contributed by atoms with van der Waals surface area (Å²) < 4.78 is 0. The smallest absolute Gasteiger partial charge is 0.0165 e. The van der Waals surface area contributed by atoms with Gasteiger partial charge >= 0.3 is 0 Å². The first-order chi connectivity index (χ1) is 6.76. The van der Waals surface area contributed by atoms with Crippen LogP contribution in [0.2, 0.25) is 0 Å². The quantitative estimate of drug-likeness (QED) is 0.607. The Kier molecular flexibility index (Phi) is 5.24. The Hall–Kier alpha value is -0.300. The van der Waals surface area contributed by atoms with Crippen LogP contribution in [-0.4, -0.2) is 24.5 Å². The fraction of sp³-hybridized carbons (Fsp3) is 0.846. The second-order valence-electron chi connectivity index (χ2n) is 4.62. The van der Waals surface area contributed by atoms with Gasteiger partial charge in [0.1, 0.15) is 0 Å². The molecule has 1 heteroatoms. The Morgan fingerprint density at radius 3 is 2.71 bits per heavy atom. The number of nitrogens with zero attached hydrogens (tertiary/aromatic N) is 1. The van der Waals surface area contributed by atoms with Crippen molar-refractivity contribution >= 4 is 0 Å². The molecule has 0 radical (unpaired) electrons. The Bertz CT molecular complexity index is 184. The number of hydrogen-bond donors (Lipinski definition) is 0. The summed E-state index contributed by atoms with van der Waals surface area (Å²) in [7, 11) is 0. The van der Waals surface area contributed by atoms with Gasteiger partial charge in [0.25, 0.3) is 0 Å². The predicted octanol–water partition coefficient (Wildman–Crippen LogP) is 3.46. The molecule has 1 nitrogen and oxygen atoms in total. The molecule has 0 spiro atoms. The third kappa shape index (κ3) is 3.83. The Labute approximate surface area is 89.2 Å². The van der Waals surface area contributed by atoms with Crippen molar-refractivity contribution < 1.29 is 0 Å². The van der Waals surface area contributed by atoms with Crippen molar-refractivity contribution in [2.24, 2.45) is 5.92 Å². The van der Waals surface area contributed by atoms with Gasteiger partial charge in [-0.05, 0) is 25.7 Å². The fourth-order valence-electron chi connectivity index (χ4n) is 2.18. The van der Waals surface area contributed by atoms with Crippen LogP contribution in [0.15, 0.2) is 11.6 Å². The maximum Gasteiger partial charge on any atom is 0.0165 e. The van der Waals surface area contributed by atoms with Crippen molar-refractivity contribution in [3.05, 3.63) is 11.6 Å². The van der Waals surface area contributed by atoms with E-state index < -0.39 is 0 Å². The van der Waals surface area contributed by atoms with Crippen LogP contribution in [0.1, 0.15) is 46.5 Å². The maximum absolute atomic E-state index is 2.61. The van der Waals surface area contributed by atoms with E-state index in [0.29, 0.717) is 0 Å². The minimum atomic E-state index is 0.923. The van der Waals surface area contributed by atoms with E-state index in [1.807, 2.05) is 0 Å². The van der Waals surface area contributed by atoms with Crippen LogP contribution in [0.25, 0.3) is 0 Å². The van der Waals surface area contributed by atoms with E-state index >= 15 is 0 Å². The Balaban J connectivity index is 2.29. The topological polar surface area (TPSA) is 3.24 Å². The van der Waals surface area contributed by atoms with Gasteiger partial charge in [-0.1, -0.05) is 38.3 Å². The summed E-state index contributed by atoms with van der Waals surface area (Å²) in [4.78, 5) is 2.61. The SMILES string of the molecule is CCCC(CC)CN1CC=C(C)CC1. The normalized spacial score (nSPS) is 20.6. The van der Waals surface area contributed by atoms with Gasteiger partial charge in [-0.25, -0.2) is 0 Å². The van der Waals surface area contributed by atoms with Crippen LogP contribution in [0.5, 0.6) is 0 Å². The lowest BCUT2D eigenvalue weighted by atomic mass is 9.99. The summed E-state index contributed by atoms with van der Waals surface area (Å²) in [5, 5.41) is 0. The molecular weight excluding hydrogens is 170 g/mol. The minimum absolute atomic E-state index is 0.923. The molecule has 1 aliphatic rings. The van der Waals surface area contributed by atoms with Gasteiger partial charge in [0.05, 0.1) is 0 Å². The van der Waals surface area contributed by atoms with Gasteiger partial charge in [-0.3, -0.25) is 4.90 Å². The number of rotatable bonds is 5. The van der Waals surface area contributed by atoms with Crippen molar-refractivity contribution in [2.45, 2.75) is 46.5 Å². The van der Waals surface area contributed by atoms with E-state index in [-0.39, 0.29) is 0 Å². The molecule has 0 fully saturated rings. The molecular formula is C13H25N. The van der Waals surface area contributed by atoms with Crippen molar-refractivity contribution in [2.75, 3.05) is 19.6 Å². The Morgan fingerprint density at radius 2 is 2.21 bits per heavy atom. The number of hydrogen-bond acceptors (Lipinski definition) is 1. The standard InChI is InChI=1S/C13H25N/c1-4-6-13(5-2)11-14-9-7-12(3)8-10-14/h7,13H,4-6,8-11H2,1-3H3. The largest absolute Gasteiger partial charge is 0.299 e. The van der Waals surface area contributed by atoms with Crippen molar-refractivity contribution in [3.63, 3.8) is 0 Å². The van der Waals surface area contributed by atoms with Crippen LogP contribution in [0.3, 0.4) is 0 Å². The van der Waals surface area contributed by atoms with E-state index in [1.54, 1.807) is 5.57 Å². The van der Waals surface area contributed by atoms with Gasteiger partial charge in [0.15, 0.2) is 0 Å². The van der Waals surface area contributed by atoms with Crippen LogP contribution in [0.4, 0.5) is 0 Å². The molecule has 82 valence electrons. The predicted molar refractivity (Wildman–Crippen MR) is 63.5 cm³/mol. The van der Waals surface area contributed by atoms with E-state index in [9.17, 15) is 0 Å². The summed E-state index contributed by atoms with van der Waals surface area (Å²) in [6.07, 6.45) is 7.74. The molecule has 1 rings (SSSR count). The van der Waals surface area contributed by atoms with Gasteiger partial charge < -0.3 is 0 Å². The molecule has 14 heavy (non-hydrogen) atoms. The lowest BCUT2D eigenvalue weighted by Gasteiger charge is -2.29. The highest BCUT2D eigenvalue weighted by atomic mass is 15.1. The highest BCUT2D eigenvalue weighted by Crippen LogP contribution is 2.16. The summed E-state index contributed by atoms with van der Waals surface area (Å²) in [6, 6.07) is 0. The lowest BCUT2D eigenvalue weighted by Crippen LogP contribution is -2.33. The molecule has 0 saturated heterocycles. The van der Waals surface area contributed by atoms with Crippen molar-refractivity contribution in [1.82, 2.24) is 4.90 Å². The summed E-state index contributed by atoms with van der Waals surface area (Å²) in [6.45, 7) is 10.7. The van der Waals surface area contributed by atoms with Gasteiger partial charge in [0, 0.05) is 19.6 Å². The molecule has 0 N–H and O–H groups in total. The van der Waals surface area contributed by atoms with Crippen molar-refractivity contribution in [3.8, 4) is 0 Å². The molecule has 1 heterocycles. The van der Waals surface area contributed by atoms with Gasteiger partial charge in [0.2, 0.25) is 0 Å². The highest BCUT2D eigenvalue weighted by Gasteiger charge is 2.13. The lowest BCUT2D eigenvalue weighted by molar-refractivity contribution is 0.234. The minimum Gasteiger partial charge on any atom is -0.299 e. The molecule has 1 unspecified atom stereocenters. The van der Waals surface area contributed by atoms with Crippen LogP contribution in [0, 0.1) is 5.92 Å². The molecule has 1 atom stereocenters. The molecule has 0 aromatic rings. The molecule has 0 aromatic heterocycles. The molecule has 0 aromatic carbocycles. The average Bonchev–Trinajstić information content (AvgIpc) is 2.20. The average molecular weight is 195 g/mol. The first-order valence-electron chi connectivity index (χ1n) is 6.14. The van der Waals surface area contributed by atoms with Crippen LogP contribution in [-0.2, 0) is 0 Å². The molecule has 0 bridgehead atoms. The van der Waals surface area contributed by atoms with Crippen LogP contribution < -0.4 is 0 Å². The molecule has 0 amide bonds. The first kappa shape index (κ1) is 11.8. The third-order valence-corrected chi connectivity index (χ3v) is 3.31. The zero-order chi connectivity index (χ0) is 10.4. The zero-order valence-corrected chi connectivity index (χ0v) is 10.1. The molecule has 0 saturated carbocycles. The first-order valence-corrected chi connectivity index (χ1v) is 6.14. The Morgan fingerprint density at radius 1 is 1.43 bits per heavy atom. The summed E-state index contributed by atoms with van der Waals surface area (Å²) in [5.74, 6) is 0.923. The molecule has 0 aliphatic carbocycles. The van der Waals surface area contributed by atoms with Crippen molar-refractivity contribution in [1.29, 1.82) is 0 Å². The van der Waals surface area contributed by atoms with Crippen LogP contribution >= 0.6 is 0 Å².